The van der Waals surface area contributed by atoms with Crippen molar-refractivity contribution in [3.8, 4) is 0 Å². The predicted octanol–water partition coefficient (Wildman–Crippen LogP) is 0.473. The van der Waals surface area contributed by atoms with E-state index >= 15 is 0 Å². The van der Waals surface area contributed by atoms with Crippen LogP contribution < -0.4 is 5.84 Å². The van der Waals surface area contributed by atoms with Crippen molar-refractivity contribution in [2.24, 2.45) is 5.84 Å². The van der Waals surface area contributed by atoms with Crippen molar-refractivity contribution in [1.29, 1.82) is 0 Å². The molecule has 0 heterocycles. The molecule has 0 aromatic carbocycles. The normalized spacial score (nSPS) is 13.1. The molecule has 0 saturated heterocycles. The number of amides is 1. The van der Waals surface area contributed by atoms with Gasteiger partial charge >= 0.3 is 0 Å². The standard InChI is InChI=1S/C8H8N2O/c1-7(11)10(9)8-5-3-2-4-6-8/h2-3,5H,9H2,1H3. The number of nitrogens with zero attached hydrogens (tertiary/aromatic N) is 1. The summed E-state index contributed by atoms with van der Waals surface area (Å²) in [6, 6.07) is 0. The van der Waals surface area contributed by atoms with E-state index in [1.54, 1.807) is 18.2 Å². The smallest absolute Gasteiger partial charge is 0.238 e. The van der Waals surface area contributed by atoms with Gasteiger partial charge in [-0.3, -0.25) is 4.79 Å². The first kappa shape index (κ1) is 7.58. The molecule has 1 aliphatic carbocycles. The Kier molecular flexibility index (Phi) is 2.09. The van der Waals surface area contributed by atoms with E-state index in [2.05, 4.69) is 11.5 Å². The minimum Gasteiger partial charge on any atom is -0.273 e. The third kappa shape index (κ3) is 1.69. The molecular formula is C8H8N2O. The number of nitrogens with two attached hydrogens (primary N) is 1. The SMILES string of the molecule is CC(=O)N(N)C1=C=C=CC=C1. The summed E-state index contributed by atoms with van der Waals surface area (Å²) in [5, 5.41) is 1.02. The van der Waals surface area contributed by atoms with Gasteiger partial charge in [0, 0.05) is 6.92 Å². The molecule has 1 rings (SSSR count). The molecular weight excluding hydrogens is 140 g/mol. The van der Waals surface area contributed by atoms with E-state index in [4.69, 9.17) is 5.84 Å². The summed E-state index contributed by atoms with van der Waals surface area (Å²) in [7, 11) is 0. The summed E-state index contributed by atoms with van der Waals surface area (Å²) < 4.78 is 0. The Labute approximate surface area is 64.8 Å². The molecule has 0 radical (unpaired) electrons. The first-order valence-electron chi connectivity index (χ1n) is 3.15. The lowest BCUT2D eigenvalue weighted by Gasteiger charge is -2.12. The average Bonchev–Trinajstić information content (AvgIpc) is 2.05. The maximum absolute atomic E-state index is 10.7. The van der Waals surface area contributed by atoms with Crippen LogP contribution in [0.1, 0.15) is 6.92 Å². The molecule has 0 unspecified atom stereocenters. The Balaban J connectivity index is 2.92. The van der Waals surface area contributed by atoms with Crippen molar-refractivity contribution >= 4 is 5.91 Å². The molecule has 56 valence electrons. The minimum atomic E-state index is -0.221. The summed E-state index contributed by atoms with van der Waals surface area (Å²) in [6.07, 6.45) is 5.13. The third-order valence-corrected chi connectivity index (χ3v) is 1.23. The molecule has 0 atom stereocenters. The fourth-order valence-corrected chi connectivity index (χ4v) is 0.655. The number of carbonyl (C=O) groups is 1. The molecule has 0 aromatic rings. The Hall–Kier alpha value is -1.53. The van der Waals surface area contributed by atoms with Gasteiger partial charge in [-0.2, -0.15) is 0 Å². The predicted molar refractivity (Wildman–Crippen MR) is 41.0 cm³/mol. The Bertz CT molecular complexity index is 302. The lowest BCUT2D eigenvalue weighted by molar-refractivity contribution is -0.126. The average molecular weight is 148 g/mol. The highest BCUT2D eigenvalue weighted by Crippen LogP contribution is 2.01. The van der Waals surface area contributed by atoms with Gasteiger partial charge in [-0.25, -0.2) is 10.9 Å². The van der Waals surface area contributed by atoms with Gasteiger partial charge < -0.3 is 0 Å². The van der Waals surface area contributed by atoms with Crippen LogP contribution in [0.4, 0.5) is 0 Å². The van der Waals surface area contributed by atoms with Crippen LogP contribution >= 0.6 is 0 Å². The quantitative estimate of drug-likeness (QED) is 0.254. The number of hydrogen-bond acceptors (Lipinski definition) is 2. The summed E-state index contributed by atoms with van der Waals surface area (Å²) in [6.45, 7) is 1.39. The zero-order valence-corrected chi connectivity index (χ0v) is 6.16. The summed E-state index contributed by atoms with van der Waals surface area (Å²) in [5.41, 5.74) is 5.93. The maximum atomic E-state index is 10.7. The summed E-state index contributed by atoms with van der Waals surface area (Å²) >= 11 is 0. The molecule has 0 aliphatic heterocycles. The number of carbonyl (C=O) groups excluding carboxylic acids is 1. The Morgan fingerprint density at radius 1 is 1.73 bits per heavy atom. The second-order valence-electron chi connectivity index (χ2n) is 2.07. The highest BCUT2D eigenvalue weighted by molar-refractivity contribution is 5.75. The lowest BCUT2D eigenvalue weighted by atomic mass is 10.3. The van der Waals surface area contributed by atoms with Crippen LogP contribution in [0.3, 0.4) is 0 Å². The highest BCUT2D eigenvalue weighted by atomic mass is 16.2. The molecule has 11 heavy (non-hydrogen) atoms. The van der Waals surface area contributed by atoms with E-state index < -0.39 is 0 Å². The Morgan fingerprint density at radius 3 is 2.91 bits per heavy atom. The van der Waals surface area contributed by atoms with Crippen LogP contribution in [0.25, 0.3) is 0 Å². The zero-order valence-electron chi connectivity index (χ0n) is 6.16. The highest BCUT2D eigenvalue weighted by Gasteiger charge is 2.05. The lowest BCUT2D eigenvalue weighted by Crippen LogP contribution is -2.33. The fourth-order valence-electron chi connectivity index (χ4n) is 0.655. The van der Waals surface area contributed by atoms with Crippen molar-refractivity contribution in [2.45, 2.75) is 6.92 Å². The van der Waals surface area contributed by atoms with Gasteiger partial charge in [-0.1, -0.05) is 11.8 Å². The second kappa shape index (κ2) is 3.04. The van der Waals surface area contributed by atoms with Crippen molar-refractivity contribution in [3.05, 3.63) is 35.4 Å². The largest absolute Gasteiger partial charge is 0.273 e. The second-order valence-corrected chi connectivity index (χ2v) is 2.07. The van der Waals surface area contributed by atoms with Gasteiger partial charge in [0.05, 0.1) is 0 Å². The van der Waals surface area contributed by atoms with E-state index in [0.29, 0.717) is 5.70 Å². The molecule has 3 heteroatoms. The number of hydrazine groups is 1. The molecule has 0 aromatic heterocycles. The van der Waals surface area contributed by atoms with E-state index in [1.807, 2.05) is 0 Å². The molecule has 0 bridgehead atoms. The van der Waals surface area contributed by atoms with Crippen molar-refractivity contribution in [3.63, 3.8) is 0 Å². The van der Waals surface area contributed by atoms with Gasteiger partial charge in [0.25, 0.3) is 0 Å². The minimum absolute atomic E-state index is 0.221. The number of hydrogen-bond donors (Lipinski definition) is 1. The monoisotopic (exact) mass is 148 g/mol. The van der Waals surface area contributed by atoms with E-state index in [0.717, 1.165) is 5.01 Å². The number of allylic oxidation sites excluding steroid dienone is 3. The van der Waals surface area contributed by atoms with Crippen LogP contribution in [-0.2, 0) is 4.79 Å². The topological polar surface area (TPSA) is 46.3 Å². The molecule has 1 aliphatic rings. The third-order valence-electron chi connectivity index (χ3n) is 1.23. The van der Waals surface area contributed by atoms with Gasteiger partial charge in [0.1, 0.15) is 5.70 Å². The van der Waals surface area contributed by atoms with Crippen LogP contribution in [0.15, 0.2) is 35.4 Å². The molecule has 0 spiro atoms. The summed E-state index contributed by atoms with van der Waals surface area (Å²) in [4.78, 5) is 10.7. The fraction of sp³-hybridized carbons (Fsp3) is 0.125. The maximum Gasteiger partial charge on any atom is 0.238 e. The van der Waals surface area contributed by atoms with Crippen LogP contribution in [0, 0.1) is 0 Å². The molecule has 2 N–H and O–H groups in total. The molecule has 3 nitrogen and oxygen atoms in total. The van der Waals surface area contributed by atoms with E-state index in [-0.39, 0.29) is 5.91 Å². The van der Waals surface area contributed by atoms with Crippen molar-refractivity contribution in [2.75, 3.05) is 0 Å². The molecule has 0 fully saturated rings. The van der Waals surface area contributed by atoms with Gasteiger partial charge in [-0.15, -0.1) is 0 Å². The zero-order chi connectivity index (χ0) is 8.27. The van der Waals surface area contributed by atoms with Crippen LogP contribution in [-0.4, -0.2) is 10.9 Å². The van der Waals surface area contributed by atoms with E-state index in [9.17, 15) is 4.79 Å². The van der Waals surface area contributed by atoms with Crippen LogP contribution in [0.2, 0.25) is 0 Å². The van der Waals surface area contributed by atoms with E-state index in [1.165, 1.54) is 6.92 Å². The van der Waals surface area contributed by atoms with Crippen LogP contribution in [0.5, 0.6) is 0 Å². The van der Waals surface area contributed by atoms with Gasteiger partial charge in [0.15, 0.2) is 0 Å². The first-order chi connectivity index (χ1) is 5.22. The summed E-state index contributed by atoms with van der Waals surface area (Å²) in [5.74, 6) is 5.15. The van der Waals surface area contributed by atoms with Gasteiger partial charge in [-0.05, 0) is 17.9 Å². The van der Waals surface area contributed by atoms with Gasteiger partial charge in [0.2, 0.25) is 5.91 Å². The first-order valence-corrected chi connectivity index (χ1v) is 3.15. The van der Waals surface area contributed by atoms with Crippen molar-refractivity contribution in [1.82, 2.24) is 5.01 Å². The van der Waals surface area contributed by atoms with Crippen molar-refractivity contribution < 1.29 is 4.79 Å². The molecule has 0 saturated carbocycles. The molecule has 1 amide bonds. The number of rotatable bonds is 1. The Morgan fingerprint density at radius 2 is 2.45 bits per heavy atom.